The van der Waals surface area contributed by atoms with Gasteiger partial charge >= 0.3 is 0 Å². The van der Waals surface area contributed by atoms with Crippen LogP contribution in [0, 0.1) is 5.82 Å². The van der Waals surface area contributed by atoms with E-state index < -0.39 is 5.82 Å². The zero-order chi connectivity index (χ0) is 13.0. The lowest BCUT2D eigenvalue weighted by molar-refractivity contribution is 0.0834. The number of Topliss-reactive ketones (excluding diaryl/α,β-unsaturated/α-hetero) is 1. The first kappa shape index (κ1) is 13.2. The molecule has 1 aliphatic rings. The van der Waals surface area contributed by atoms with E-state index in [4.69, 9.17) is 0 Å². The Morgan fingerprint density at radius 1 is 1.39 bits per heavy atom. The second-order valence-electron chi connectivity index (χ2n) is 4.93. The van der Waals surface area contributed by atoms with Gasteiger partial charge in [-0.2, -0.15) is 0 Å². The Morgan fingerprint density at radius 3 is 2.89 bits per heavy atom. The summed E-state index contributed by atoms with van der Waals surface area (Å²) in [6, 6.07) is 6.73. The van der Waals surface area contributed by atoms with Gasteiger partial charge in [-0.15, -0.1) is 0 Å². The number of benzene rings is 1. The molecule has 2 rings (SSSR count). The Bertz CT molecular complexity index is 419. The molecule has 1 aromatic carbocycles. The summed E-state index contributed by atoms with van der Waals surface area (Å²) in [5, 5.41) is 0. The molecule has 18 heavy (non-hydrogen) atoms. The van der Waals surface area contributed by atoms with E-state index >= 15 is 0 Å². The fraction of sp³-hybridized carbons (Fsp3) is 0.533. The van der Waals surface area contributed by atoms with Crippen LogP contribution in [0.25, 0.3) is 0 Å². The Kier molecular flexibility index (Phi) is 4.48. The van der Waals surface area contributed by atoms with E-state index in [1.54, 1.807) is 18.2 Å². The number of piperidine rings is 1. The van der Waals surface area contributed by atoms with Crippen LogP contribution in [0.5, 0.6) is 0 Å². The monoisotopic (exact) mass is 249 g/mol. The quantitative estimate of drug-likeness (QED) is 0.763. The number of carbonyl (C=O) groups is 1. The fourth-order valence-electron chi connectivity index (χ4n) is 2.69. The third-order valence-electron chi connectivity index (χ3n) is 3.74. The molecule has 1 aromatic rings. The van der Waals surface area contributed by atoms with Crippen molar-refractivity contribution in [2.24, 2.45) is 0 Å². The predicted molar refractivity (Wildman–Crippen MR) is 70.2 cm³/mol. The van der Waals surface area contributed by atoms with E-state index in [2.05, 4.69) is 11.8 Å². The molecule has 1 heterocycles. The zero-order valence-electron chi connectivity index (χ0n) is 10.9. The molecule has 1 aliphatic heterocycles. The highest BCUT2D eigenvalue weighted by atomic mass is 19.1. The van der Waals surface area contributed by atoms with Crippen molar-refractivity contribution >= 4 is 5.78 Å². The van der Waals surface area contributed by atoms with Crippen LogP contribution in [0.4, 0.5) is 4.39 Å². The van der Waals surface area contributed by atoms with Gasteiger partial charge in [0.2, 0.25) is 0 Å². The maximum atomic E-state index is 13.5. The van der Waals surface area contributed by atoms with Crippen LogP contribution in [-0.2, 0) is 0 Å². The summed E-state index contributed by atoms with van der Waals surface area (Å²) >= 11 is 0. The highest BCUT2D eigenvalue weighted by molar-refractivity contribution is 5.97. The molecule has 0 amide bonds. The Hall–Kier alpha value is -1.22. The highest BCUT2D eigenvalue weighted by Crippen LogP contribution is 2.20. The maximum absolute atomic E-state index is 13.5. The van der Waals surface area contributed by atoms with Crippen molar-refractivity contribution in [3.05, 3.63) is 35.6 Å². The minimum Gasteiger partial charge on any atom is -0.293 e. The molecule has 0 saturated carbocycles. The van der Waals surface area contributed by atoms with E-state index in [0.717, 1.165) is 25.8 Å². The molecule has 0 aliphatic carbocycles. The SMILES string of the molecule is CC[C@H]1CCCCN1CC(=O)c1ccccc1F. The first-order chi connectivity index (χ1) is 8.72. The summed E-state index contributed by atoms with van der Waals surface area (Å²) < 4.78 is 13.5. The standard InChI is InChI=1S/C15H20FNO/c1-2-12-7-5-6-10-17(12)11-15(18)13-8-3-4-9-14(13)16/h3-4,8-9,12H,2,5-7,10-11H2,1H3/t12-/m0/s1. The van der Waals surface area contributed by atoms with E-state index in [9.17, 15) is 9.18 Å². The number of rotatable bonds is 4. The second kappa shape index (κ2) is 6.10. The first-order valence-corrected chi connectivity index (χ1v) is 6.74. The summed E-state index contributed by atoms with van der Waals surface area (Å²) in [6.45, 7) is 3.45. The highest BCUT2D eigenvalue weighted by Gasteiger charge is 2.23. The van der Waals surface area contributed by atoms with Gasteiger partial charge in [0.25, 0.3) is 0 Å². The smallest absolute Gasteiger partial charge is 0.179 e. The van der Waals surface area contributed by atoms with Gasteiger partial charge in [0.05, 0.1) is 12.1 Å². The molecule has 0 unspecified atom stereocenters. The Balaban J connectivity index is 2.04. The summed E-state index contributed by atoms with van der Waals surface area (Å²) in [4.78, 5) is 14.3. The molecule has 0 N–H and O–H groups in total. The normalized spacial score (nSPS) is 20.9. The van der Waals surface area contributed by atoms with Crippen molar-refractivity contribution in [1.82, 2.24) is 4.90 Å². The average Bonchev–Trinajstić information content (AvgIpc) is 2.39. The molecule has 1 saturated heterocycles. The van der Waals surface area contributed by atoms with Crippen molar-refractivity contribution in [3.63, 3.8) is 0 Å². The van der Waals surface area contributed by atoms with E-state index in [1.165, 1.54) is 12.5 Å². The molecule has 98 valence electrons. The number of halogens is 1. The van der Waals surface area contributed by atoms with E-state index in [0.29, 0.717) is 12.6 Å². The lowest BCUT2D eigenvalue weighted by Crippen LogP contribution is -2.42. The van der Waals surface area contributed by atoms with Crippen LogP contribution < -0.4 is 0 Å². The molecular weight excluding hydrogens is 229 g/mol. The number of ketones is 1. The van der Waals surface area contributed by atoms with Crippen molar-refractivity contribution < 1.29 is 9.18 Å². The zero-order valence-corrected chi connectivity index (χ0v) is 10.9. The number of hydrogen-bond acceptors (Lipinski definition) is 2. The molecule has 0 spiro atoms. The summed E-state index contributed by atoms with van der Waals surface area (Å²) in [5.41, 5.74) is 0.220. The van der Waals surface area contributed by atoms with E-state index in [-0.39, 0.29) is 11.3 Å². The van der Waals surface area contributed by atoms with Crippen LogP contribution in [-0.4, -0.2) is 29.8 Å². The molecule has 1 fully saturated rings. The van der Waals surface area contributed by atoms with Gasteiger partial charge in [-0.1, -0.05) is 25.5 Å². The van der Waals surface area contributed by atoms with Gasteiger partial charge in [0.1, 0.15) is 5.82 Å². The van der Waals surface area contributed by atoms with Gasteiger partial charge in [0.15, 0.2) is 5.78 Å². The van der Waals surface area contributed by atoms with Gasteiger partial charge in [-0.25, -0.2) is 4.39 Å². The topological polar surface area (TPSA) is 20.3 Å². The Morgan fingerprint density at radius 2 is 2.17 bits per heavy atom. The molecule has 0 radical (unpaired) electrons. The molecule has 0 bridgehead atoms. The number of likely N-dealkylation sites (tertiary alicyclic amines) is 1. The van der Waals surface area contributed by atoms with Crippen LogP contribution in [0.15, 0.2) is 24.3 Å². The van der Waals surface area contributed by atoms with Crippen molar-refractivity contribution in [2.45, 2.75) is 38.6 Å². The van der Waals surface area contributed by atoms with Gasteiger partial charge in [-0.3, -0.25) is 9.69 Å². The summed E-state index contributed by atoms with van der Waals surface area (Å²) in [6.07, 6.45) is 4.59. The van der Waals surface area contributed by atoms with Gasteiger partial charge < -0.3 is 0 Å². The first-order valence-electron chi connectivity index (χ1n) is 6.74. The summed E-state index contributed by atoms with van der Waals surface area (Å²) in [5.74, 6) is -0.513. The van der Waals surface area contributed by atoms with E-state index in [1.807, 2.05) is 0 Å². The predicted octanol–water partition coefficient (Wildman–Crippen LogP) is 3.27. The maximum Gasteiger partial charge on any atom is 0.179 e. The Labute approximate surface area is 108 Å². The number of carbonyl (C=O) groups excluding carboxylic acids is 1. The fourth-order valence-corrected chi connectivity index (χ4v) is 2.69. The lowest BCUT2D eigenvalue weighted by atomic mass is 9.99. The molecule has 3 heteroatoms. The number of nitrogens with zero attached hydrogens (tertiary/aromatic N) is 1. The van der Waals surface area contributed by atoms with Crippen molar-refractivity contribution in [3.8, 4) is 0 Å². The second-order valence-corrected chi connectivity index (χ2v) is 4.93. The molecule has 1 atom stereocenters. The van der Waals surface area contributed by atoms with Crippen LogP contribution >= 0.6 is 0 Å². The minimum atomic E-state index is -0.410. The molecular formula is C15H20FNO. The van der Waals surface area contributed by atoms with Gasteiger partial charge in [-0.05, 0) is 37.9 Å². The van der Waals surface area contributed by atoms with Crippen LogP contribution in [0.3, 0.4) is 0 Å². The number of hydrogen-bond donors (Lipinski definition) is 0. The van der Waals surface area contributed by atoms with Crippen molar-refractivity contribution in [2.75, 3.05) is 13.1 Å². The van der Waals surface area contributed by atoms with Crippen LogP contribution in [0.2, 0.25) is 0 Å². The molecule has 0 aromatic heterocycles. The third-order valence-corrected chi connectivity index (χ3v) is 3.74. The lowest BCUT2D eigenvalue weighted by Gasteiger charge is -2.34. The summed E-state index contributed by atoms with van der Waals surface area (Å²) in [7, 11) is 0. The van der Waals surface area contributed by atoms with Crippen molar-refractivity contribution in [1.29, 1.82) is 0 Å². The molecule has 2 nitrogen and oxygen atoms in total. The average molecular weight is 249 g/mol. The minimum absolute atomic E-state index is 0.103. The third kappa shape index (κ3) is 2.96. The largest absolute Gasteiger partial charge is 0.293 e. The van der Waals surface area contributed by atoms with Crippen LogP contribution in [0.1, 0.15) is 43.0 Å². The van der Waals surface area contributed by atoms with Gasteiger partial charge in [0, 0.05) is 6.04 Å².